The molecular weight excluding hydrogens is 519 g/mol. The van der Waals surface area contributed by atoms with E-state index < -0.39 is 21.9 Å². The molecule has 4 aromatic rings. The molecule has 1 atom stereocenters. The SMILES string of the molecule is CCOc1cc2c(cc1OC)CCN(S(=O)(=O)c1cccc(F)c1)[C@H]2CCCc1c[nH]c2ccc(OC)cc12. The van der Waals surface area contributed by atoms with E-state index in [0.29, 0.717) is 30.9 Å². The second-order valence-corrected chi connectivity index (χ2v) is 11.5. The van der Waals surface area contributed by atoms with Crippen LogP contribution in [-0.2, 0) is 22.9 Å². The van der Waals surface area contributed by atoms with Gasteiger partial charge in [0.1, 0.15) is 11.6 Å². The number of aromatic nitrogens is 1. The van der Waals surface area contributed by atoms with E-state index in [-0.39, 0.29) is 11.4 Å². The number of nitrogens with one attached hydrogen (secondary N) is 1. The van der Waals surface area contributed by atoms with Gasteiger partial charge in [0, 0.05) is 23.6 Å². The number of benzene rings is 3. The van der Waals surface area contributed by atoms with Crippen molar-refractivity contribution in [2.75, 3.05) is 27.4 Å². The molecule has 1 aliphatic rings. The van der Waals surface area contributed by atoms with E-state index in [1.807, 2.05) is 43.5 Å². The largest absolute Gasteiger partial charge is 0.497 e. The highest BCUT2D eigenvalue weighted by atomic mass is 32.2. The number of hydrogen-bond donors (Lipinski definition) is 1. The fraction of sp³-hybridized carbons (Fsp3) is 0.333. The smallest absolute Gasteiger partial charge is 0.243 e. The molecule has 3 aromatic carbocycles. The maximum Gasteiger partial charge on any atom is 0.243 e. The average Bonchev–Trinajstić information content (AvgIpc) is 3.34. The summed E-state index contributed by atoms with van der Waals surface area (Å²) in [5.41, 5.74) is 4.09. The first-order chi connectivity index (χ1) is 18.8. The van der Waals surface area contributed by atoms with Crippen molar-refractivity contribution in [3.63, 3.8) is 0 Å². The van der Waals surface area contributed by atoms with Gasteiger partial charge in [-0.15, -0.1) is 0 Å². The number of H-pyrrole nitrogens is 1. The summed E-state index contributed by atoms with van der Waals surface area (Å²) >= 11 is 0. The van der Waals surface area contributed by atoms with Gasteiger partial charge < -0.3 is 19.2 Å². The minimum atomic E-state index is -3.95. The first-order valence-electron chi connectivity index (χ1n) is 13.1. The fourth-order valence-electron chi connectivity index (χ4n) is 5.44. The Morgan fingerprint density at radius 2 is 1.90 bits per heavy atom. The number of ether oxygens (including phenoxy) is 3. The Morgan fingerprint density at radius 1 is 1.05 bits per heavy atom. The summed E-state index contributed by atoms with van der Waals surface area (Å²) in [4.78, 5) is 3.27. The Morgan fingerprint density at radius 3 is 2.64 bits per heavy atom. The monoisotopic (exact) mass is 552 g/mol. The van der Waals surface area contributed by atoms with Crippen LogP contribution in [0.2, 0.25) is 0 Å². The molecule has 0 saturated carbocycles. The van der Waals surface area contributed by atoms with E-state index in [4.69, 9.17) is 14.2 Å². The third kappa shape index (κ3) is 5.33. The van der Waals surface area contributed by atoms with Crippen LogP contribution in [0.25, 0.3) is 10.9 Å². The second kappa shape index (κ2) is 11.3. The van der Waals surface area contributed by atoms with Gasteiger partial charge in [-0.05, 0) is 97.8 Å². The molecule has 0 spiro atoms. The van der Waals surface area contributed by atoms with Crippen molar-refractivity contribution in [1.82, 2.24) is 9.29 Å². The standard InChI is InChI=1S/C30H33FN2O5S/c1-4-38-30-18-26-20(15-29(30)37-3)13-14-33(39(34,35)24-9-6-8-22(31)16-24)28(26)10-5-7-21-19-32-27-12-11-23(36-2)17-25(21)27/h6,8-9,11-12,15-19,28,32H,4-5,7,10,13-14H2,1-3H3/t28-/m0/s1. The van der Waals surface area contributed by atoms with Crippen LogP contribution in [0, 0.1) is 5.82 Å². The number of fused-ring (bicyclic) bond motifs is 2. The number of aryl methyl sites for hydroxylation is 1. The number of halogens is 1. The molecule has 9 heteroatoms. The first-order valence-corrected chi connectivity index (χ1v) is 14.5. The van der Waals surface area contributed by atoms with Crippen LogP contribution >= 0.6 is 0 Å². The molecule has 1 aliphatic heterocycles. The van der Waals surface area contributed by atoms with Crippen LogP contribution in [0.5, 0.6) is 17.2 Å². The molecule has 5 rings (SSSR count). The van der Waals surface area contributed by atoms with E-state index in [9.17, 15) is 12.8 Å². The minimum absolute atomic E-state index is 0.0433. The predicted octanol–water partition coefficient (Wildman–Crippen LogP) is 6.03. The number of rotatable bonds is 10. The van der Waals surface area contributed by atoms with Crippen molar-refractivity contribution in [2.45, 2.75) is 43.5 Å². The third-order valence-electron chi connectivity index (χ3n) is 7.33. The number of methoxy groups -OCH3 is 2. The van der Waals surface area contributed by atoms with E-state index in [2.05, 4.69) is 4.98 Å². The maximum absolute atomic E-state index is 14.0. The number of aromatic amines is 1. The predicted molar refractivity (Wildman–Crippen MR) is 149 cm³/mol. The van der Waals surface area contributed by atoms with Crippen molar-refractivity contribution in [2.24, 2.45) is 0 Å². The molecule has 206 valence electrons. The van der Waals surface area contributed by atoms with Gasteiger partial charge in [-0.2, -0.15) is 4.31 Å². The molecule has 2 heterocycles. The number of hydrogen-bond acceptors (Lipinski definition) is 5. The topological polar surface area (TPSA) is 80.9 Å². The Labute approximate surface area is 228 Å². The molecule has 0 aliphatic carbocycles. The minimum Gasteiger partial charge on any atom is -0.497 e. The van der Waals surface area contributed by atoms with Crippen LogP contribution in [0.3, 0.4) is 0 Å². The van der Waals surface area contributed by atoms with Crippen LogP contribution in [0.4, 0.5) is 4.39 Å². The third-order valence-corrected chi connectivity index (χ3v) is 9.24. The zero-order valence-electron chi connectivity index (χ0n) is 22.4. The molecule has 1 N–H and O–H groups in total. The lowest BCUT2D eigenvalue weighted by Gasteiger charge is -2.37. The quantitative estimate of drug-likeness (QED) is 0.260. The van der Waals surface area contributed by atoms with E-state index in [0.717, 1.165) is 52.3 Å². The van der Waals surface area contributed by atoms with E-state index >= 15 is 0 Å². The van der Waals surface area contributed by atoms with Gasteiger partial charge in [0.15, 0.2) is 11.5 Å². The number of sulfonamides is 1. The van der Waals surface area contributed by atoms with Crippen LogP contribution in [0.1, 0.15) is 42.5 Å². The van der Waals surface area contributed by atoms with Crippen molar-refractivity contribution >= 4 is 20.9 Å². The summed E-state index contributed by atoms with van der Waals surface area (Å²) in [6.45, 7) is 2.64. The van der Waals surface area contributed by atoms with Crippen LogP contribution in [0.15, 0.2) is 65.7 Å². The van der Waals surface area contributed by atoms with Crippen LogP contribution < -0.4 is 14.2 Å². The van der Waals surface area contributed by atoms with E-state index in [1.54, 1.807) is 14.2 Å². The molecule has 7 nitrogen and oxygen atoms in total. The van der Waals surface area contributed by atoms with Crippen molar-refractivity contribution in [3.8, 4) is 17.2 Å². The highest BCUT2D eigenvalue weighted by Crippen LogP contribution is 2.42. The van der Waals surface area contributed by atoms with Crippen LogP contribution in [-0.4, -0.2) is 45.1 Å². The van der Waals surface area contributed by atoms with Gasteiger partial charge in [0.05, 0.1) is 31.8 Å². The Hall–Kier alpha value is -3.56. The van der Waals surface area contributed by atoms with Crippen molar-refractivity contribution in [3.05, 3.63) is 83.3 Å². The van der Waals surface area contributed by atoms with Crippen molar-refractivity contribution in [1.29, 1.82) is 0 Å². The molecule has 0 fully saturated rings. The zero-order chi connectivity index (χ0) is 27.6. The summed E-state index contributed by atoms with van der Waals surface area (Å²) in [5.74, 6) is 1.42. The molecule has 0 saturated heterocycles. The van der Waals surface area contributed by atoms with E-state index in [1.165, 1.54) is 22.5 Å². The van der Waals surface area contributed by atoms with Gasteiger partial charge in [0.2, 0.25) is 10.0 Å². The lowest BCUT2D eigenvalue weighted by Crippen LogP contribution is -2.40. The van der Waals surface area contributed by atoms with Crippen molar-refractivity contribution < 1.29 is 27.0 Å². The summed E-state index contributed by atoms with van der Waals surface area (Å²) in [6, 6.07) is 14.6. The molecule has 39 heavy (non-hydrogen) atoms. The molecule has 1 aromatic heterocycles. The molecule has 0 unspecified atom stereocenters. The highest BCUT2D eigenvalue weighted by Gasteiger charge is 2.37. The summed E-state index contributed by atoms with van der Waals surface area (Å²) < 4.78 is 60.0. The normalized spacial score (nSPS) is 15.7. The summed E-state index contributed by atoms with van der Waals surface area (Å²) in [6.07, 6.45) is 4.58. The second-order valence-electron chi connectivity index (χ2n) is 9.59. The Kier molecular flexibility index (Phi) is 7.81. The van der Waals surface area contributed by atoms with Gasteiger partial charge in [-0.25, -0.2) is 12.8 Å². The maximum atomic E-state index is 14.0. The van der Waals surface area contributed by atoms with Gasteiger partial charge in [-0.3, -0.25) is 0 Å². The molecule has 0 bridgehead atoms. The summed E-state index contributed by atoms with van der Waals surface area (Å²) in [5, 5.41) is 1.09. The van der Waals surface area contributed by atoms with Gasteiger partial charge in [0.25, 0.3) is 0 Å². The summed E-state index contributed by atoms with van der Waals surface area (Å²) in [7, 11) is -0.702. The Bertz CT molecular complexity index is 1580. The lowest BCUT2D eigenvalue weighted by atomic mass is 9.90. The zero-order valence-corrected chi connectivity index (χ0v) is 23.2. The Balaban J connectivity index is 1.49. The lowest BCUT2D eigenvalue weighted by molar-refractivity contribution is 0.281. The molecular formula is C30H33FN2O5S. The van der Waals surface area contributed by atoms with Gasteiger partial charge in [-0.1, -0.05) is 6.07 Å². The molecule has 0 amide bonds. The first kappa shape index (κ1) is 27.0. The number of nitrogens with zero attached hydrogens (tertiary/aromatic N) is 1. The average molecular weight is 553 g/mol. The molecule has 0 radical (unpaired) electrons. The highest BCUT2D eigenvalue weighted by molar-refractivity contribution is 7.89. The fourth-order valence-corrected chi connectivity index (χ4v) is 7.11. The van der Waals surface area contributed by atoms with Gasteiger partial charge >= 0.3 is 0 Å².